The van der Waals surface area contributed by atoms with Gasteiger partial charge in [-0.05, 0) is 32.0 Å². The van der Waals surface area contributed by atoms with E-state index in [9.17, 15) is 14.9 Å². The van der Waals surface area contributed by atoms with Crippen molar-refractivity contribution < 1.29 is 28.7 Å². The molecule has 9 heteroatoms. The fourth-order valence-electron chi connectivity index (χ4n) is 3.37. The van der Waals surface area contributed by atoms with Crippen LogP contribution >= 0.6 is 0 Å². The fraction of sp³-hybridized carbons (Fsp3) is 0.381. The van der Waals surface area contributed by atoms with E-state index in [0.29, 0.717) is 23.7 Å². The van der Waals surface area contributed by atoms with E-state index in [1.54, 1.807) is 13.2 Å². The molecule has 0 unspecified atom stereocenters. The molecule has 0 aromatic heterocycles. The molecule has 30 heavy (non-hydrogen) atoms. The summed E-state index contributed by atoms with van der Waals surface area (Å²) in [4.78, 5) is 22.9. The summed E-state index contributed by atoms with van der Waals surface area (Å²) >= 11 is 0. The van der Waals surface area contributed by atoms with E-state index in [1.165, 1.54) is 25.3 Å². The molecule has 1 aliphatic heterocycles. The number of nitrogens with zero attached hydrogens (tertiary/aromatic N) is 1. The van der Waals surface area contributed by atoms with Crippen LogP contribution in [0.1, 0.15) is 31.9 Å². The minimum atomic E-state index is -0.547. The molecule has 1 N–H and O–H groups in total. The third-order valence-corrected chi connectivity index (χ3v) is 4.73. The highest BCUT2D eigenvalue weighted by Crippen LogP contribution is 2.41. The molecule has 2 aromatic rings. The van der Waals surface area contributed by atoms with Crippen molar-refractivity contribution in [2.24, 2.45) is 0 Å². The molecule has 160 valence electrons. The number of carbonyl (C=O) groups is 1. The van der Waals surface area contributed by atoms with Crippen molar-refractivity contribution in [1.29, 1.82) is 0 Å². The Hall–Kier alpha value is -3.49. The van der Waals surface area contributed by atoms with Crippen LogP contribution in [-0.2, 0) is 4.79 Å². The lowest BCUT2D eigenvalue weighted by Crippen LogP contribution is -2.42. The zero-order valence-corrected chi connectivity index (χ0v) is 17.3. The number of hydrogen-bond acceptors (Lipinski definition) is 7. The van der Waals surface area contributed by atoms with Crippen LogP contribution in [-0.4, -0.2) is 37.3 Å². The molecule has 0 bridgehead atoms. The number of hydrogen-bond donors (Lipinski definition) is 1. The van der Waals surface area contributed by atoms with E-state index in [4.69, 9.17) is 18.9 Å². The van der Waals surface area contributed by atoms with Gasteiger partial charge in [0.05, 0.1) is 25.2 Å². The number of fused-ring (bicyclic) bond motifs is 1. The maximum absolute atomic E-state index is 12.5. The Morgan fingerprint density at radius 3 is 2.60 bits per heavy atom. The summed E-state index contributed by atoms with van der Waals surface area (Å²) in [7, 11) is 2.91. The van der Waals surface area contributed by atoms with Gasteiger partial charge in [0.2, 0.25) is 5.75 Å². The van der Waals surface area contributed by atoms with Crippen molar-refractivity contribution in [2.75, 3.05) is 20.8 Å². The zero-order valence-electron chi connectivity index (χ0n) is 17.3. The number of ether oxygens (including phenoxy) is 4. The highest BCUT2D eigenvalue weighted by Gasteiger charge is 2.34. The Kier molecular flexibility index (Phi) is 6.00. The lowest BCUT2D eigenvalue weighted by atomic mass is 9.89. The van der Waals surface area contributed by atoms with Gasteiger partial charge >= 0.3 is 5.69 Å². The molecule has 0 saturated carbocycles. The second kappa shape index (κ2) is 8.48. The van der Waals surface area contributed by atoms with Crippen LogP contribution in [0.4, 0.5) is 5.69 Å². The van der Waals surface area contributed by atoms with Gasteiger partial charge in [0, 0.05) is 30.2 Å². The average molecular weight is 416 g/mol. The molecule has 1 heterocycles. The fourth-order valence-corrected chi connectivity index (χ4v) is 3.37. The minimum absolute atomic E-state index is 0.0620. The Bertz CT molecular complexity index is 958. The summed E-state index contributed by atoms with van der Waals surface area (Å²) in [5.74, 6) is 1.37. The number of nitrogens with one attached hydrogen (secondary N) is 1. The SMILES string of the molecule is COc1ccc2c(c1)OC(C)(C)C[C@@H]2NC(=O)COc1ccc([N+](=O)[O-])c(OC)c1. The van der Waals surface area contributed by atoms with Gasteiger partial charge in [0.15, 0.2) is 6.61 Å². The number of benzene rings is 2. The van der Waals surface area contributed by atoms with E-state index < -0.39 is 10.5 Å². The van der Waals surface area contributed by atoms with Crippen LogP contribution in [0.3, 0.4) is 0 Å². The van der Waals surface area contributed by atoms with Gasteiger partial charge in [0.25, 0.3) is 5.91 Å². The van der Waals surface area contributed by atoms with Crippen LogP contribution in [0.25, 0.3) is 0 Å². The maximum Gasteiger partial charge on any atom is 0.311 e. The summed E-state index contributed by atoms with van der Waals surface area (Å²) < 4.78 is 21.8. The lowest BCUT2D eigenvalue weighted by molar-refractivity contribution is -0.385. The van der Waals surface area contributed by atoms with Crippen molar-refractivity contribution in [3.63, 3.8) is 0 Å². The summed E-state index contributed by atoms with van der Waals surface area (Å²) in [5.41, 5.74) is 0.218. The number of nitro benzene ring substituents is 1. The monoisotopic (exact) mass is 416 g/mol. The summed E-state index contributed by atoms with van der Waals surface area (Å²) in [5, 5.41) is 13.9. The molecule has 0 saturated heterocycles. The zero-order chi connectivity index (χ0) is 21.9. The molecule has 3 rings (SSSR count). The van der Waals surface area contributed by atoms with E-state index >= 15 is 0 Å². The van der Waals surface area contributed by atoms with Gasteiger partial charge in [-0.2, -0.15) is 0 Å². The first-order chi connectivity index (χ1) is 14.2. The molecule has 1 aliphatic rings. The Labute approximate surface area is 174 Å². The third kappa shape index (κ3) is 4.73. The lowest BCUT2D eigenvalue weighted by Gasteiger charge is -2.38. The number of rotatable bonds is 7. The topological polar surface area (TPSA) is 109 Å². The molecular weight excluding hydrogens is 392 g/mol. The average Bonchev–Trinajstić information content (AvgIpc) is 2.70. The van der Waals surface area contributed by atoms with Gasteiger partial charge < -0.3 is 24.3 Å². The Morgan fingerprint density at radius 2 is 1.93 bits per heavy atom. The molecule has 0 fully saturated rings. The molecule has 0 spiro atoms. The summed E-state index contributed by atoms with van der Waals surface area (Å²) in [6.45, 7) is 3.66. The number of methoxy groups -OCH3 is 2. The first-order valence-electron chi connectivity index (χ1n) is 9.34. The van der Waals surface area contributed by atoms with Crippen molar-refractivity contribution in [3.05, 3.63) is 52.1 Å². The largest absolute Gasteiger partial charge is 0.497 e. The normalized spacial score (nSPS) is 16.6. The van der Waals surface area contributed by atoms with Gasteiger partial charge in [-0.15, -0.1) is 0 Å². The molecule has 0 aliphatic carbocycles. The van der Waals surface area contributed by atoms with Crippen molar-refractivity contribution in [1.82, 2.24) is 5.32 Å². The highest BCUT2D eigenvalue weighted by atomic mass is 16.6. The number of amides is 1. The molecule has 2 aromatic carbocycles. The second-order valence-corrected chi connectivity index (χ2v) is 7.47. The first kappa shape index (κ1) is 21.2. The second-order valence-electron chi connectivity index (χ2n) is 7.47. The number of carbonyl (C=O) groups excluding carboxylic acids is 1. The van der Waals surface area contributed by atoms with Crippen molar-refractivity contribution in [2.45, 2.75) is 31.9 Å². The van der Waals surface area contributed by atoms with Crippen LogP contribution in [0.5, 0.6) is 23.0 Å². The van der Waals surface area contributed by atoms with Gasteiger partial charge in [0.1, 0.15) is 22.8 Å². The minimum Gasteiger partial charge on any atom is -0.497 e. The van der Waals surface area contributed by atoms with Crippen molar-refractivity contribution >= 4 is 11.6 Å². The van der Waals surface area contributed by atoms with E-state index in [1.807, 2.05) is 26.0 Å². The van der Waals surface area contributed by atoms with Gasteiger partial charge in [-0.25, -0.2) is 0 Å². The molecule has 1 atom stereocenters. The standard InChI is InChI=1S/C21H24N2O7/c1-21(2)11-16(15-7-5-13(27-3)9-18(15)30-21)22-20(24)12-29-14-6-8-17(23(25)26)19(10-14)28-4/h5-10,16H,11-12H2,1-4H3,(H,22,24)/t16-/m0/s1. The van der Waals surface area contributed by atoms with E-state index in [-0.39, 0.29) is 30.0 Å². The molecule has 9 nitrogen and oxygen atoms in total. The third-order valence-electron chi connectivity index (χ3n) is 4.73. The predicted molar refractivity (Wildman–Crippen MR) is 108 cm³/mol. The summed E-state index contributed by atoms with van der Waals surface area (Å²) in [6.07, 6.45) is 0.587. The van der Waals surface area contributed by atoms with Crippen LogP contribution in [0.2, 0.25) is 0 Å². The molecule has 1 amide bonds. The van der Waals surface area contributed by atoms with Gasteiger partial charge in [-0.3, -0.25) is 14.9 Å². The van der Waals surface area contributed by atoms with Crippen LogP contribution in [0, 0.1) is 10.1 Å². The predicted octanol–water partition coefficient (Wildman–Crippen LogP) is 3.41. The van der Waals surface area contributed by atoms with E-state index in [2.05, 4.69) is 5.32 Å². The Morgan fingerprint density at radius 1 is 1.20 bits per heavy atom. The molecular formula is C21H24N2O7. The van der Waals surface area contributed by atoms with Crippen LogP contribution < -0.4 is 24.3 Å². The number of nitro groups is 1. The van der Waals surface area contributed by atoms with Crippen molar-refractivity contribution in [3.8, 4) is 23.0 Å². The van der Waals surface area contributed by atoms with Crippen LogP contribution in [0.15, 0.2) is 36.4 Å². The van der Waals surface area contributed by atoms with E-state index in [0.717, 1.165) is 5.56 Å². The Balaban J connectivity index is 1.69. The maximum atomic E-state index is 12.5. The first-order valence-corrected chi connectivity index (χ1v) is 9.34. The quantitative estimate of drug-likeness (QED) is 0.544. The summed E-state index contributed by atoms with van der Waals surface area (Å²) in [6, 6.07) is 9.32. The van der Waals surface area contributed by atoms with Gasteiger partial charge in [-0.1, -0.05) is 0 Å². The highest BCUT2D eigenvalue weighted by molar-refractivity contribution is 5.78. The smallest absolute Gasteiger partial charge is 0.311 e. The molecule has 0 radical (unpaired) electrons.